The highest BCUT2D eigenvalue weighted by Gasteiger charge is 2.26. The molecular formula is C40H32Cl2F2N4O8. The molecule has 0 saturated carbocycles. The third-order valence-electron chi connectivity index (χ3n) is 8.13. The Labute approximate surface area is 328 Å². The minimum absolute atomic E-state index is 0.0294. The van der Waals surface area contributed by atoms with Crippen LogP contribution in [-0.2, 0) is 9.59 Å². The van der Waals surface area contributed by atoms with Crippen LogP contribution in [0.5, 0.6) is 0 Å². The van der Waals surface area contributed by atoms with E-state index in [1.54, 1.807) is 60.7 Å². The fourth-order valence-electron chi connectivity index (χ4n) is 5.49. The van der Waals surface area contributed by atoms with Gasteiger partial charge in [0.2, 0.25) is 11.8 Å². The molecule has 0 aliphatic heterocycles. The number of amides is 2. The Morgan fingerprint density at radius 1 is 0.661 bits per heavy atom. The Kier molecular flexibility index (Phi) is 13.3. The van der Waals surface area contributed by atoms with Crippen molar-refractivity contribution in [2.24, 2.45) is 0 Å². The summed E-state index contributed by atoms with van der Waals surface area (Å²) in [5, 5.41) is 24.4. The lowest BCUT2D eigenvalue weighted by Crippen LogP contribution is -2.31. The standard InChI is InChI=1S/2C20H16ClFN2O4/c1-11-18(24-20(28-11)13-7-3-5-9-15(13)22)19(27)23-16(10-17(25)26)12-6-2-4-8-14(12)21;1-11-18(24-20(28-11)14-7-2-3-8-15(14)22)19(27)23-16(10-17(25)26)12-5-4-6-13(21)9-12/h2*2-9,16H,10H2,1H3,(H,23,27)(H,25,26)/t;16-/m.0/s1. The van der Waals surface area contributed by atoms with Crippen LogP contribution in [-0.4, -0.2) is 43.9 Å². The number of aryl methyl sites for hydroxylation is 2. The second-order valence-electron chi connectivity index (χ2n) is 12.1. The molecule has 1 unspecified atom stereocenters. The summed E-state index contributed by atoms with van der Waals surface area (Å²) in [6.45, 7) is 3.05. The summed E-state index contributed by atoms with van der Waals surface area (Å²) >= 11 is 12.1. The third-order valence-corrected chi connectivity index (χ3v) is 8.71. The van der Waals surface area contributed by atoms with E-state index in [0.717, 1.165) is 0 Å². The van der Waals surface area contributed by atoms with E-state index in [1.165, 1.54) is 50.2 Å². The van der Waals surface area contributed by atoms with Crippen molar-refractivity contribution >= 4 is 47.0 Å². The lowest BCUT2D eigenvalue weighted by molar-refractivity contribution is -0.138. The van der Waals surface area contributed by atoms with Crippen molar-refractivity contribution in [2.75, 3.05) is 0 Å². The molecule has 12 nitrogen and oxygen atoms in total. The zero-order chi connectivity index (χ0) is 40.5. The largest absolute Gasteiger partial charge is 0.481 e. The van der Waals surface area contributed by atoms with Gasteiger partial charge < -0.3 is 29.7 Å². The number of hydrogen-bond donors (Lipinski definition) is 4. The number of carboxylic acids is 2. The zero-order valence-electron chi connectivity index (χ0n) is 29.6. The van der Waals surface area contributed by atoms with Crippen LogP contribution in [0.15, 0.2) is 106 Å². The number of nitrogens with zero attached hydrogens (tertiary/aromatic N) is 2. The fraction of sp³-hybridized carbons (Fsp3) is 0.150. The van der Waals surface area contributed by atoms with Gasteiger partial charge in [-0.25, -0.2) is 18.7 Å². The maximum absolute atomic E-state index is 14.0. The predicted molar refractivity (Wildman–Crippen MR) is 201 cm³/mol. The first kappa shape index (κ1) is 40.8. The molecule has 56 heavy (non-hydrogen) atoms. The van der Waals surface area contributed by atoms with Gasteiger partial charge in [-0.1, -0.05) is 77.8 Å². The zero-order valence-corrected chi connectivity index (χ0v) is 31.1. The Balaban J connectivity index is 0.000000214. The Hall–Kier alpha value is -6.38. The highest BCUT2D eigenvalue weighted by molar-refractivity contribution is 6.31. The molecule has 2 aromatic heterocycles. The van der Waals surface area contributed by atoms with E-state index in [1.807, 2.05) is 0 Å². The van der Waals surface area contributed by atoms with Gasteiger partial charge in [0.1, 0.15) is 23.2 Å². The molecule has 16 heteroatoms. The van der Waals surface area contributed by atoms with Crippen LogP contribution in [0.25, 0.3) is 22.9 Å². The van der Waals surface area contributed by atoms with Crippen LogP contribution in [0.1, 0.15) is 68.5 Å². The highest BCUT2D eigenvalue weighted by Crippen LogP contribution is 2.29. The molecule has 6 aromatic rings. The molecule has 2 amide bonds. The van der Waals surface area contributed by atoms with Crippen LogP contribution in [0, 0.1) is 25.5 Å². The van der Waals surface area contributed by atoms with E-state index in [2.05, 4.69) is 20.6 Å². The van der Waals surface area contributed by atoms with Gasteiger partial charge in [0.15, 0.2) is 11.4 Å². The molecule has 0 spiro atoms. The number of rotatable bonds is 12. The predicted octanol–water partition coefficient (Wildman–Crippen LogP) is 8.78. The summed E-state index contributed by atoms with van der Waals surface area (Å²) in [6, 6.07) is 23.3. The number of aliphatic carboxylic acids is 2. The lowest BCUT2D eigenvalue weighted by atomic mass is 10.0. The van der Waals surface area contributed by atoms with E-state index in [9.17, 15) is 38.2 Å². The van der Waals surface area contributed by atoms with Gasteiger partial charge >= 0.3 is 11.9 Å². The molecule has 0 fully saturated rings. The van der Waals surface area contributed by atoms with Crippen molar-refractivity contribution in [3.05, 3.63) is 153 Å². The summed E-state index contributed by atoms with van der Waals surface area (Å²) < 4.78 is 38.8. The molecule has 2 heterocycles. The molecule has 6 rings (SSSR count). The maximum Gasteiger partial charge on any atom is 0.305 e. The average Bonchev–Trinajstić information content (AvgIpc) is 3.73. The number of carbonyl (C=O) groups is 4. The number of carboxylic acid groups (broad SMARTS) is 2. The van der Waals surface area contributed by atoms with E-state index in [-0.39, 0.29) is 58.7 Å². The van der Waals surface area contributed by atoms with Crippen LogP contribution in [0.2, 0.25) is 10.0 Å². The van der Waals surface area contributed by atoms with Gasteiger partial charge in [-0.05, 0) is 67.4 Å². The molecule has 0 aliphatic carbocycles. The number of halogens is 4. The monoisotopic (exact) mass is 804 g/mol. The quantitative estimate of drug-likeness (QED) is 0.0932. The van der Waals surface area contributed by atoms with Crippen LogP contribution in [0.4, 0.5) is 8.78 Å². The van der Waals surface area contributed by atoms with Crippen molar-refractivity contribution < 1.29 is 47.0 Å². The molecule has 0 bridgehead atoms. The maximum atomic E-state index is 14.0. The van der Waals surface area contributed by atoms with E-state index < -0.39 is 47.5 Å². The van der Waals surface area contributed by atoms with Crippen molar-refractivity contribution in [1.82, 2.24) is 20.6 Å². The van der Waals surface area contributed by atoms with Gasteiger partial charge in [-0.15, -0.1) is 0 Å². The summed E-state index contributed by atoms with van der Waals surface area (Å²) in [7, 11) is 0. The van der Waals surface area contributed by atoms with Gasteiger partial charge in [-0.2, -0.15) is 0 Å². The SMILES string of the molecule is Cc1oc(-c2ccccc2F)nc1C(=O)NC(CC(=O)O)c1ccccc1Cl.Cc1oc(-c2ccccc2F)nc1C(=O)N[C@@H](CC(=O)O)c1cccc(Cl)c1. The highest BCUT2D eigenvalue weighted by atomic mass is 35.5. The van der Waals surface area contributed by atoms with Gasteiger partial charge in [-0.3, -0.25) is 19.2 Å². The fourth-order valence-corrected chi connectivity index (χ4v) is 5.95. The van der Waals surface area contributed by atoms with Crippen LogP contribution >= 0.6 is 23.2 Å². The first-order valence-corrected chi connectivity index (χ1v) is 17.5. The molecule has 4 N–H and O–H groups in total. The minimum Gasteiger partial charge on any atom is -0.481 e. The second-order valence-corrected chi connectivity index (χ2v) is 13.0. The summed E-state index contributed by atoms with van der Waals surface area (Å²) in [5.74, 6) is -4.21. The minimum atomic E-state index is -1.10. The summed E-state index contributed by atoms with van der Waals surface area (Å²) in [4.78, 5) is 56.0. The second kappa shape index (κ2) is 18.3. The number of hydrogen-bond acceptors (Lipinski definition) is 8. The average molecular weight is 806 g/mol. The molecule has 0 radical (unpaired) electrons. The third kappa shape index (κ3) is 10.2. The Morgan fingerprint density at radius 2 is 1.12 bits per heavy atom. The van der Waals surface area contributed by atoms with E-state index >= 15 is 0 Å². The number of aromatic nitrogens is 2. The first-order valence-electron chi connectivity index (χ1n) is 16.7. The molecule has 0 saturated heterocycles. The molecule has 288 valence electrons. The summed E-state index contributed by atoms with van der Waals surface area (Å²) in [6.07, 6.45) is -0.713. The summed E-state index contributed by atoms with van der Waals surface area (Å²) in [5.41, 5.74) is 1.16. The Morgan fingerprint density at radius 3 is 1.61 bits per heavy atom. The number of oxazole rings is 2. The van der Waals surface area contributed by atoms with Gasteiger partial charge in [0.05, 0.1) is 36.1 Å². The van der Waals surface area contributed by atoms with E-state index in [4.69, 9.17) is 32.0 Å². The molecule has 4 aromatic carbocycles. The first-order chi connectivity index (χ1) is 26.7. The van der Waals surface area contributed by atoms with Crippen molar-refractivity contribution in [1.29, 1.82) is 0 Å². The van der Waals surface area contributed by atoms with Crippen LogP contribution in [0.3, 0.4) is 0 Å². The van der Waals surface area contributed by atoms with E-state index in [0.29, 0.717) is 21.2 Å². The molecule has 0 aliphatic rings. The molecule has 2 atom stereocenters. The number of carbonyl (C=O) groups excluding carboxylic acids is 2. The van der Waals surface area contributed by atoms with Gasteiger partial charge in [0, 0.05) is 10.0 Å². The van der Waals surface area contributed by atoms with Crippen LogP contribution < -0.4 is 10.6 Å². The molecular weight excluding hydrogens is 773 g/mol. The van der Waals surface area contributed by atoms with Crippen molar-refractivity contribution in [3.8, 4) is 22.9 Å². The smallest absolute Gasteiger partial charge is 0.305 e. The topological polar surface area (TPSA) is 185 Å². The normalized spacial score (nSPS) is 11.8. The van der Waals surface area contributed by atoms with Gasteiger partial charge in [0.25, 0.3) is 11.8 Å². The van der Waals surface area contributed by atoms with Crippen molar-refractivity contribution in [3.63, 3.8) is 0 Å². The van der Waals surface area contributed by atoms with Crippen molar-refractivity contribution in [2.45, 2.75) is 38.8 Å². The lowest BCUT2D eigenvalue weighted by Gasteiger charge is -2.18. The number of nitrogens with one attached hydrogen (secondary N) is 2. The number of benzene rings is 4. The Bertz CT molecular complexity index is 2400.